The second kappa shape index (κ2) is 8.52. The molecule has 2 unspecified atom stereocenters. The van der Waals surface area contributed by atoms with Crippen LogP contribution in [-0.2, 0) is 21.7 Å². The van der Waals surface area contributed by atoms with Gasteiger partial charge < -0.3 is 14.6 Å². The Hall–Kier alpha value is -2.07. The molecular weight excluding hydrogens is 400 g/mol. The fourth-order valence-electron chi connectivity index (χ4n) is 3.04. The number of ether oxygens (including phenoxy) is 1. The van der Waals surface area contributed by atoms with Gasteiger partial charge in [-0.2, -0.15) is 0 Å². The Morgan fingerprint density at radius 2 is 2.07 bits per heavy atom. The Balaban J connectivity index is 1.61. The van der Waals surface area contributed by atoms with E-state index in [1.165, 1.54) is 11.8 Å². The first-order valence-electron chi connectivity index (χ1n) is 9.09. The fraction of sp³-hybridized carbons (Fsp3) is 0.500. The van der Waals surface area contributed by atoms with Gasteiger partial charge in [-0.3, -0.25) is 4.79 Å². The van der Waals surface area contributed by atoms with Crippen molar-refractivity contribution in [1.29, 1.82) is 0 Å². The molecule has 2 atom stereocenters. The summed E-state index contributed by atoms with van der Waals surface area (Å²) in [4.78, 5) is 12.5. The lowest BCUT2D eigenvalue weighted by Gasteiger charge is -2.13. The molecule has 0 saturated carbocycles. The normalized spacial score (nSPS) is 19.3. The number of hydrogen-bond donors (Lipinski definition) is 1. The third-order valence-electron chi connectivity index (χ3n) is 4.55. The maximum atomic E-state index is 12.5. The van der Waals surface area contributed by atoms with Gasteiger partial charge in [-0.15, -0.1) is 10.2 Å². The first-order chi connectivity index (χ1) is 13.3. The summed E-state index contributed by atoms with van der Waals surface area (Å²) in [7, 11) is -1.18. The summed E-state index contributed by atoms with van der Waals surface area (Å²) in [5, 5.41) is 11.4. The van der Waals surface area contributed by atoms with Gasteiger partial charge in [0.25, 0.3) is 0 Å². The Morgan fingerprint density at radius 3 is 2.68 bits per heavy atom. The molecule has 1 aliphatic rings. The molecule has 1 aromatic heterocycles. The molecule has 152 valence electrons. The minimum Gasteiger partial charge on any atom is -0.494 e. The van der Waals surface area contributed by atoms with E-state index in [0.717, 1.165) is 5.75 Å². The topological polar surface area (TPSA) is 103 Å². The van der Waals surface area contributed by atoms with Gasteiger partial charge in [-0.25, -0.2) is 8.42 Å². The lowest BCUT2D eigenvalue weighted by Crippen LogP contribution is -2.22. The first-order valence-corrected chi connectivity index (χ1v) is 11.8. The standard InChI is InChI=1S/C18H24N4O4S2/c1-4-26-15-7-5-14(6-8-15)19-17(23)12(2)27-18-21-20-16(22(18)3)13-9-10-28(24,25)11-13/h5-8,12-13H,4,9-11H2,1-3H3,(H,19,23). The molecule has 1 N–H and O–H groups in total. The van der Waals surface area contributed by atoms with Crippen molar-refractivity contribution in [3.8, 4) is 5.75 Å². The van der Waals surface area contributed by atoms with Crippen LogP contribution in [0.5, 0.6) is 5.75 Å². The number of amides is 1. The number of hydrogen-bond acceptors (Lipinski definition) is 7. The molecular formula is C18H24N4O4S2. The lowest BCUT2D eigenvalue weighted by atomic mass is 10.1. The average molecular weight is 425 g/mol. The maximum absolute atomic E-state index is 12.5. The highest BCUT2D eigenvalue weighted by Crippen LogP contribution is 2.30. The van der Waals surface area contributed by atoms with Crippen molar-refractivity contribution in [3.05, 3.63) is 30.1 Å². The highest BCUT2D eigenvalue weighted by molar-refractivity contribution is 8.00. The number of thioether (sulfide) groups is 1. The molecule has 2 aromatic rings. The maximum Gasteiger partial charge on any atom is 0.237 e. The van der Waals surface area contributed by atoms with E-state index in [1.807, 2.05) is 19.1 Å². The van der Waals surface area contributed by atoms with Crippen molar-refractivity contribution in [3.63, 3.8) is 0 Å². The van der Waals surface area contributed by atoms with E-state index >= 15 is 0 Å². The van der Waals surface area contributed by atoms with Crippen LogP contribution in [0.2, 0.25) is 0 Å². The number of carbonyl (C=O) groups excluding carboxylic acids is 1. The average Bonchev–Trinajstić information content (AvgIpc) is 3.19. The van der Waals surface area contributed by atoms with Crippen molar-refractivity contribution in [1.82, 2.24) is 14.8 Å². The van der Waals surface area contributed by atoms with Gasteiger partial charge in [0.05, 0.1) is 23.4 Å². The number of rotatable bonds is 7. The SMILES string of the molecule is CCOc1ccc(NC(=O)C(C)Sc2nnc(C3CCS(=O)(=O)C3)n2C)cc1. The molecule has 2 heterocycles. The highest BCUT2D eigenvalue weighted by atomic mass is 32.2. The summed E-state index contributed by atoms with van der Waals surface area (Å²) < 4.78 is 30.6. The predicted octanol–water partition coefficient (Wildman–Crippen LogP) is 2.24. The van der Waals surface area contributed by atoms with Crippen LogP contribution in [-0.4, -0.2) is 52.5 Å². The van der Waals surface area contributed by atoms with Gasteiger partial charge in [-0.1, -0.05) is 11.8 Å². The number of nitrogens with zero attached hydrogens (tertiary/aromatic N) is 3. The van der Waals surface area contributed by atoms with E-state index < -0.39 is 15.1 Å². The van der Waals surface area contributed by atoms with Crippen molar-refractivity contribution < 1.29 is 17.9 Å². The van der Waals surface area contributed by atoms with E-state index in [9.17, 15) is 13.2 Å². The van der Waals surface area contributed by atoms with E-state index in [-0.39, 0.29) is 23.3 Å². The van der Waals surface area contributed by atoms with Crippen LogP contribution in [0.4, 0.5) is 5.69 Å². The fourth-order valence-corrected chi connectivity index (χ4v) is 5.60. The number of nitrogens with one attached hydrogen (secondary N) is 1. The van der Waals surface area contributed by atoms with Gasteiger partial charge in [0.1, 0.15) is 11.6 Å². The van der Waals surface area contributed by atoms with Crippen LogP contribution in [0.1, 0.15) is 32.0 Å². The van der Waals surface area contributed by atoms with Crippen LogP contribution in [0.3, 0.4) is 0 Å². The second-order valence-electron chi connectivity index (χ2n) is 6.71. The molecule has 1 fully saturated rings. The van der Waals surface area contributed by atoms with Gasteiger partial charge in [0.2, 0.25) is 5.91 Å². The van der Waals surface area contributed by atoms with Crippen LogP contribution in [0, 0.1) is 0 Å². The van der Waals surface area contributed by atoms with Crippen molar-refractivity contribution in [2.45, 2.75) is 36.6 Å². The highest BCUT2D eigenvalue weighted by Gasteiger charge is 2.33. The Bertz CT molecular complexity index is 941. The zero-order chi connectivity index (χ0) is 20.3. The minimum absolute atomic E-state index is 0.109. The summed E-state index contributed by atoms with van der Waals surface area (Å²) in [6, 6.07) is 7.20. The Labute approximate surface area is 169 Å². The summed E-state index contributed by atoms with van der Waals surface area (Å²) in [6.07, 6.45) is 0.562. The molecule has 1 aromatic carbocycles. The van der Waals surface area contributed by atoms with Gasteiger partial charge in [0, 0.05) is 18.7 Å². The van der Waals surface area contributed by atoms with Crippen molar-refractivity contribution >= 4 is 33.2 Å². The zero-order valence-electron chi connectivity index (χ0n) is 16.1. The quantitative estimate of drug-likeness (QED) is 0.680. The number of benzene rings is 1. The number of anilines is 1. The monoisotopic (exact) mass is 424 g/mol. The zero-order valence-corrected chi connectivity index (χ0v) is 17.7. The Morgan fingerprint density at radius 1 is 1.36 bits per heavy atom. The lowest BCUT2D eigenvalue weighted by molar-refractivity contribution is -0.115. The smallest absolute Gasteiger partial charge is 0.237 e. The summed E-state index contributed by atoms with van der Waals surface area (Å²) in [6.45, 7) is 4.30. The number of sulfone groups is 1. The molecule has 1 amide bonds. The Kier molecular flexibility index (Phi) is 6.29. The van der Waals surface area contributed by atoms with Crippen LogP contribution >= 0.6 is 11.8 Å². The van der Waals surface area contributed by atoms with E-state index in [0.29, 0.717) is 29.7 Å². The largest absolute Gasteiger partial charge is 0.494 e. The number of carbonyl (C=O) groups is 1. The molecule has 1 saturated heterocycles. The molecule has 0 spiro atoms. The van der Waals surface area contributed by atoms with E-state index in [2.05, 4.69) is 15.5 Å². The molecule has 3 rings (SSSR count). The van der Waals surface area contributed by atoms with Gasteiger partial charge >= 0.3 is 0 Å². The molecule has 0 radical (unpaired) electrons. The molecule has 1 aliphatic heterocycles. The molecule has 10 heteroatoms. The number of aromatic nitrogens is 3. The molecule has 0 bridgehead atoms. The second-order valence-corrected chi connectivity index (χ2v) is 10.2. The third kappa shape index (κ3) is 4.85. The van der Waals surface area contributed by atoms with Gasteiger partial charge in [0.15, 0.2) is 15.0 Å². The summed E-state index contributed by atoms with van der Waals surface area (Å²) in [5.74, 6) is 1.42. The summed E-state index contributed by atoms with van der Waals surface area (Å²) >= 11 is 1.29. The van der Waals surface area contributed by atoms with E-state index in [1.54, 1.807) is 30.7 Å². The van der Waals surface area contributed by atoms with Gasteiger partial charge in [-0.05, 0) is 44.5 Å². The minimum atomic E-state index is -2.99. The van der Waals surface area contributed by atoms with Crippen molar-refractivity contribution in [2.24, 2.45) is 7.05 Å². The van der Waals surface area contributed by atoms with Crippen LogP contribution < -0.4 is 10.1 Å². The third-order valence-corrected chi connectivity index (χ3v) is 7.45. The van der Waals surface area contributed by atoms with Crippen LogP contribution in [0.25, 0.3) is 0 Å². The van der Waals surface area contributed by atoms with Crippen LogP contribution in [0.15, 0.2) is 29.4 Å². The molecule has 0 aliphatic carbocycles. The molecule has 28 heavy (non-hydrogen) atoms. The van der Waals surface area contributed by atoms with Crippen molar-refractivity contribution in [2.75, 3.05) is 23.4 Å². The molecule has 8 nitrogen and oxygen atoms in total. The van der Waals surface area contributed by atoms with E-state index in [4.69, 9.17) is 4.74 Å². The summed E-state index contributed by atoms with van der Waals surface area (Å²) in [5.41, 5.74) is 0.690. The first kappa shape index (κ1) is 20.7. The predicted molar refractivity (Wildman–Crippen MR) is 109 cm³/mol.